The Labute approximate surface area is 116 Å². The summed E-state index contributed by atoms with van der Waals surface area (Å²) in [4.78, 5) is 29.5. The number of unbranched alkanes of at least 4 members (excludes halogenated alkanes) is 3. The Kier molecular flexibility index (Phi) is 6.81. The Hall–Kier alpha value is -1.69. The molecule has 1 aromatic rings. The fourth-order valence-electron chi connectivity index (χ4n) is 1.50. The molecular weight excluding hydrogens is 270 g/mol. The number of rotatable bonds is 8. The molecule has 0 saturated carbocycles. The van der Waals surface area contributed by atoms with E-state index in [-0.39, 0.29) is 23.2 Å². The molecule has 0 aromatic carbocycles. The van der Waals surface area contributed by atoms with Crippen LogP contribution in [-0.2, 0) is 4.79 Å². The quantitative estimate of drug-likeness (QED) is 0.712. The number of nitrogens with zero attached hydrogens (tertiary/aromatic N) is 2. The van der Waals surface area contributed by atoms with Crippen molar-refractivity contribution in [2.45, 2.75) is 32.1 Å². The van der Waals surface area contributed by atoms with Gasteiger partial charge in [-0.25, -0.2) is 4.98 Å². The van der Waals surface area contributed by atoms with Crippen molar-refractivity contribution < 1.29 is 14.7 Å². The van der Waals surface area contributed by atoms with Crippen LogP contribution in [0.15, 0.2) is 12.4 Å². The minimum absolute atomic E-state index is 0.182. The van der Waals surface area contributed by atoms with Crippen LogP contribution in [0.4, 0.5) is 0 Å². The Bertz CT molecular complexity index is 440. The Morgan fingerprint density at radius 2 is 1.95 bits per heavy atom. The van der Waals surface area contributed by atoms with Crippen molar-refractivity contribution in [3.05, 3.63) is 23.2 Å². The van der Waals surface area contributed by atoms with Crippen LogP contribution in [0.2, 0.25) is 5.15 Å². The summed E-state index contributed by atoms with van der Waals surface area (Å²) in [6.45, 7) is 0.528. The fraction of sp³-hybridized carbons (Fsp3) is 0.500. The summed E-state index contributed by atoms with van der Waals surface area (Å²) >= 11 is 5.63. The van der Waals surface area contributed by atoms with E-state index in [2.05, 4.69) is 15.3 Å². The summed E-state index contributed by atoms with van der Waals surface area (Å²) in [6, 6.07) is 0. The van der Waals surface area contributed by atoms with Crippen LogP contribution in [0.5, 0.6) is 0 Å². The van der Waals surface area contributed by atoms with Gasteiger partial charge in [0.05, 0.1) is 12.4 Å². The van der Waals surface area contributed by atoms with Crippen LogP contribution < -0.4 is 5.32 Å². The lowest BCUT2D eigenvalue weighted by Gasteiger charge is -2.04. The molecule has 1 amide bonds. The number of carboxylic acid groups (broad SMARTS) is 1. The number of aliphatic carboxylic acids is 1. The van der Waals surface area contributed by atoms with Crippen molar-refractivity contribution in [1.82, 2.24) is 15.3 Å². The molecule has 0 unspecified atom stereocenters. The van der Waals surface area contributed by atoms with Gasteiger partial charge in [-0.05, 0) is 12.8 Å². The molecule has 19 heavy (non-hydrogen) atoms. The van der Waals surface area contributed by atoms with Crippen LogP contribution in [0, 0.1) is 0 Å². The van der Waals surface area contributed by atoms with Gasteiger partial charge in [-0.1, -0.05) is 24.4 Å². The monoisotopic (exact) mass is 285 g/mol. The third kappa shape index (κ3) is 6.71. The number of hydrogen-bond acceptors (Lipinski definition) is 4. The van der Waals surface area contributed by atoms with E-state index in [1.165, 1.54) is 12.4 Å². The van der Waals surface area contributed by atoms with Gasteiger partial charge < -0.3 is 10.4 Å². The van der Waals surface area contributed by atoms with E-state index >= 15 is 0 Å². The molecule has 0 atom stereocenters. The van der Waals surface area contributed by atoms with Crippen molar-refractivity contribution >= 4 is 23.5 Å². The van der Waals surface area contributed by atoms with Crippen LogP contribution in [0.3, 0.4) is 0 Å². The molecule has 1 rings (SSSR count). The highest BCUT2D eigenvalue weighted by Gasteiger charge is 2.07. The molecule has 2 N–H and O–H groups in total. The molecule has 0 aliphatic heterocycles. The molecule has 0 aliphatic rings. The number of amides is 1. The minimum atomic E-state index is -0.771. The average Bonchev–Trinajstić information content (AvgIpc) is 2.37. The maximum absolute atomic E-state index is 11.6. The zero-order valence-electron chi connectivity index (χ0n) is 10.4. The molecule has 104 valence electrons. The molecule has 7 heteroatoms. The van der Waals surface area contributed by atoms with Gasteiger partial charge in [0.25, 0.3) is 5.91 Å². The SMILES string of the molecule is O=C(O)CCCCCCNC(=O)c1cncc(Cl)n1. The molecule has 0 saturated heterocycles. The van der Waals surface area contributed by atoms with Gasteiger partial charge in [-0.3, -0.25) is 14.6 Å². The number of hydrogen-bond donors (Lipinski definition) is 2. The number of carboxylic acids is 1. The normalized spacial score (nSPS) is 10.2. The smallest absolute Gasteiger partial charge is 0.303 e. The summed E-state index contributed by atoms with van der Waals surface area (Å²) in [5.74, 6) is -1.08. The van der Waals surface area contributed by atoms with E-state index in [1.807, 2.05) is 0 Å². The lowest BCUT2D eigenvalue weighted by Crippen LogP contribution is -2.25. The first-order valence-electron chi connectivity index (χ1n) is 6.07. The maximum Gasteiger partial charge on any atom is 0.303 e. The van der Waals surface area contributed by atoms with Gasteiger partial charge in [-0.2, -0.15) is 0 Å². The summed E-state index contributed by atoms with van der Waals surface area (Å²) in [7, 11) is 0. The largest absolute Gasteiger partial charge is 0.481 e. The Morgan fingerprint density at radius 1 is 1.21 bits per heavy atom. The van der Waals surface area contributed by atoms with Crippen molar-refractivity contribution in [2.75, 3.05) is 6.54 Å². The topological polar surface area (TPSA) is 92.2 Å². The lowest BCUT2D eigenvalue weighted by molar-refractivity contribution is -0.137. The molecule has 1 aromatic heterocycles. The van der Waals surface area contributed by atoms with Gasteiger partial charge in [-0.15, -0.1) is 0 Å². The third-order valence-corrected chi connectivity index (χ3v) is 2.62. The number of carbonyl (C=O) groups is 2. The predicted molar refractivity (Wildman–Crippen MR) is 70.1 cm³/mol. The summed E-state index contributed by atoms with van der Waals surface area (Å²) < 4.78 is 0. The first-order chi connectivity index (χ1) is 9.09. The van der Waals surface area contributed by atoms with E-state index in [1.54, 1.807) is 0 Å². The summed E-state index contributed by atoms with van der Waals surface area (Å²) in [5.41, 5.74) is 0.193. The van der Waals surface area contributed by atoms with Gasteiger partial charge in [0.15, 0.2) is 0 Å². The first kappa shape index (κ1) is 15.4. The Balaban J connectivity index is 2.12. The highest BCUT2D eigenvalue weighted by molar-refractivity contribution is 6.29. The molecule has 6 nitrogen and oxygen atoms in total. The van der Waals surface area contributed by atoms with Crippen molar-refractivity contribution in [3.8, 4) is 0 Å². The fourth-order valence-corrected chi connectivity index (χ4v) is 1.65. The average molecular weight is 286 g/mol. The number of nitrogens with one attached hydrogen (secondary N) is 1. The van der Waals surface area contributed by atoms with Crippen LogP contribution in [-0.4, -0.2) is 33.5 Å². The molecule has 0 radical (unpaired) electrons. The van der Waals surface area contributed by atoms with E-state index < -0.39 is 5.97 Å². The van der Waals surface area contributed by atoms with Crippen molar-refractivity contribution in [2.24, 2.45) is 0 Å². The molecule has 0 aliphatic carbocycles. The van der Waals surface area contributed by atoms with Gasteiger partial charge in [0.2, 0.25) is 0 Å². The van der Waals surface area contributed by atoms with Crippen molar-refractivity contribution in [3.63, 3.8) is 0 Å². The number of aromatic nitrogens is 2. The van der Waals surface area contributed by atoms with Crippen molar-refractivity contribution in [1.29, 1.82) is 0 Å². The second kappa shape index (κ2) is 8.42. The number of carbonyl (C=O) groups excluding carboxylic acids is 1. The van der Waals surface area contributed by atoms with Crippen LogP contribution in [0.1, 0.15) is 42.6 Å². The van der Waals surface area contributed by atoms with Crippen LogP contribution >= 0.6 is 11.6 Å². The second-order valence-electron chi connectivity index (χ2n) is 4.04. The zero-order valence-corrected chi connectivity index (χ0v) is 11.2. The summed E-state index contributed by atoms with van der Waals surface area (Å²) in [5, 5.41) is 11.3. The van der Waals surface area contributed by atoms with Crippen LogP contribution in [0.25, 0.3) is 0 Å². The molecule has 1 heterocycles. The highest BCUT2D eigenvalue weighted by atomic mass is 35.5. The Morgan fingerprint density at radius 3 is 2.63 bits per heavy atom. The van der Waals surface area contributed by atoms with Gasteiger partial charge in [0.1, 0.15) is 10.8 Å². The number of halogens is 1. The lowest BCUT2D eigenvalue weighted by atomic mass is 10.1. The highest BCUT2D eigenvalue weighted by Crippen LogP contribution is 2.04. The molecule has 0 fully saturated rings. The van der Waals surface area contributed by atoms with Gasteiger partial charge in [0, 0.05) is 13.0 Å². The molecule has 0 spiro atoms. The van der Waals surface area contributed by atoms with E-state index in [0.717, 1.165) is 19.3 Å². The zero-order chi connectivity index (χ0) is 14.1. The van der Waals surface area contributed by atoms with E-state index in [9.17, 15) is 9.59 Å². The minimum Gasteiger partial charge on any atom is -0.481 e. The second-order valence-corrected chi connectivity index (χ2v) is 4.43. The first-order valence-corrected chi connectivity index (χ1v) is 6.45. The van der Waals surface area contributed by atoms with E-state index in [4.69, 9.17) is 16.7 Å². The predicted octanol–water partition coefficient (Wildman–Crippen LogP) is 1.89. The van der Waals surface area contributed by atoms with Gasteiger partial charge >= 0.3 is 5.97 Å². The summed E-state index contributed by atoms with van der Waals surface area (Å²) in [6.07, 6.45) is 6.12. The molecular formula is C12H16ClN3O3. The third-order valence-electron chi connectivity index (χ3n) is 2.44. The van der Waals surface area contributed by atoms with E-state index in [0.29, 0.717) is 13.0 Å². The molecule has 0 bridgehead atoms. The maximum atomic E-state index is 11.6. The standard InChI is InChI=1S/C12H16ClN3O3/c13-10-8-14-7-9(16-10)12(19)15-6-4-2-1-3-5-11(17)18/h7-8H,1-6H2,(H,15,19)(H,17,18).